The number of nitrogens with zero attached hydrogens (tertiary/aromatic N) is 1. The van der Waals surface area contributed by atoms with Gasteiger partial charge >= 0.3 is 5.97 Å². The molecule has 0 bridgehead atoms. The Morgan fingerprint density at radius 1 is 1.71 bits per heavy atom. The quantitative estimate of drug-likeness (QED) is 0.540. The first-order valence-electron chi connectivity index (χ1n) is 5.20. The Kier molecular flexibility index (Phi) is 3.69. The fourth-order valence-corrected chi connectivity index (χ4v) is 2.05. The second-order valence-corrected chi connectivity index (χ2v) is 4.10. The lowest BCUT2D eigenvalue weighted by Gasteiger charge is -2.30. The SMILES string of the molecule is C=CCCCN1CCCC1(C)C(=O)O. The molecule has 3 heteroatoms. The Labute approximate surface area is 85.4 Å². The monoisotopic (exact) mass is 197 g/mol. The number of hydrogen-bond acceptors (Lipinski definition) is 2. The average molecular weight is 197 g/mol. The molecular formula is C11H19NO2. The third kappa shape index (κ3) is 2.15. The molecule has 0 amide bonds. The summed E-state index contributed by atoms with van der Waals surface area (Å²) in [6, 6.07) is 0. The van der Waals surface area contributed by atoms with Gasteiger partial charge in [-0.25, -0.2) is 0 Å². The van der Waals surface area contributed by atoms with E-state index in [1.165, 1.54) is 0 Å². The predicted molar refractivity (Wildman–Crippen MR) is 56.3 cm³/mol. The molecule has 1 fully saturated rings. The molecule has 0 saturated carbocycles. The molecule has 0 radical (unpaired) electrons. The fourth-order valence-electron chi connectivity index (χ4n) is 2.05. The minimum Gasteiger partial charge on any atom is -0.480 e. The smallest absolute Gasteiger partial charge is 0.323 e. The lowest BCUT2D eigenvalue weighted by atomic mass is 9.99. The highest BCUT2D eigenvalue weighted by molar-refractivity contribution is 5.78. The summed E-state index contributed by atoms with van der Waals surface area (Å²) in [6.07, 6.45) is 5.63. The average Bonchev–Trinajstić information content (AvgIpc) is 2.50. The topological polar surface area (TPSA) is 40.5 Å². The number of carbonyl (C=O) groups is 1. The van der Waals surface area contributed by atoms with Gasteiger partial charge in [-0.15, -0.1) is 6.58 Å². The molecule has 1 heterocycles. The molecule has 0 aromatic carbocycles. The molecule has 3 nitrogen and oxygen atoms in total. The molecule has 1 rings (SSSR count). The summed E-state index contributed by atoms with van der Waals surface area (Å²) in [7, 11) is 0. The van der Waals surface area contributed by atoms with Gasteiger partial charge < -0.3 is 5.11 Å². The minimum atomic E-state index is -0.686. The molecule has 0 aliphatic carbocycles. The molecule has 0 aromatic heterocycles. The van der Waals surface area contributed by atoms with Crippen molar-refractivity contribution in [2.24, 2.45) is 0 Å². The lowest BCUT2D eigenvalue weighted by molar-refractivity contribution is -0.148. The second-order valence-electron chi connectivity index (χ2n) is 4.10. The maximum Gasteiger partial charge on any atom is 0.323 e. The molecular weight excluding hydrogens is 178 g/mol. The molecule has 1 atom stereocenters. The van der Waals surface area contributed by atoms with Crippen molar-refractivity contribution in [2.75, 3.05) is 13.1 Å². The summed E-state index contributed by atoms with van der Waals surface area (Å²) in [6.45, 7) is 7.28. The minimum absolute atomic E-state index is 0.624. The maximum absolute atomic E-state index is 11.1. The zero-order chi connectivity index (χ0) is 10.6. The van der Waals surface area contributed by atoms with Gasteiger partial charge in [-0.05, 0) is 45.7 Å². The number of allylic oxidation sites excluding steroid dienone is 1. The van der Waals surface area contributed by atoms with Crippen LogP contribution in [0.4, 0.5) is 0 Å². The van der Waals surface area contributed by atoms with Crippen LogP contribution in [0.25, 0.3) is 0 Å². The Bertz CT molecular complexity index is 227. The Balaban J connectivity index is 2.50. The molecule has 1 saturated heterocycles. The third-order valence-corrected chi connectivity index (χ3v) is 3.09. The number of aliphatic carboxylic acids is 1. The van der Waals surface area contributed by atoms with Crippen molar-refractivity contribution < 1.29 is 9.90 Å². The van der Waals surface area contributed by atoms with Crippen LogP contribution in [0, 0.1) is 0 Å². The Morgan fingerprint density at radius 3 is 3.00 bits per heavy atom. The first-order valence-corrected chi connectivity index (χ1v) is 5.20. The van der Waals surface area contributed by atoms with E-state index >= 15 is 0 Å². The third-order valence-electron chi connectivity index (χ3n) is 3.09. The highest BCUT2D eigenvalue weighted by Crippen LogP contribution is 2.29. The summed E-state index contributed by atoms with van der Waals surface area (Å²) in [4.78, 5) is 13.2. The van der Waals surface area contributed by atoms with Gasteiger partial charge in [-0.2, -0.15) is 0 Å². The van der Waals surface area contributed by atoms with Gasteiger partial charge in [0.25, 0.3) is 0 Å². The molecule has 1 aliphatic heterocycles. The van der Waals surface area contributed by atoms with E-state index in [0.717, 1.165) is 38.8 Å². The zero-order valence-corrected chi connectivity index (χ0v) is 8.83. The number of carboxylic acid groups (broad SMARTS) is 1. The van der Waals surface area contributed by atoms with Crippen molar-refractivity contribution >= 4 is 5.97 Å². The first-order chi connectivity index (χ1) is 6.61. The van der Waals surface area contributed by atoms with Crippen molar-refractivity contribution in [1.82, 2.24) is 4.90 Å². The number of unbranched alkanes of at least 4 members (excludes halogenated alkanes) is 1. The Hall–Kier alpha value is -0.830. The molecule has 0 aromatic rings. The Morgan fingerprint density at radius 2 is 2.43 bits per heavy atom. The van der Waals surface area contributed by atoms with Crippen LogP contribution in [0.5, 0.6) is 0 Å². The van der Waals surface area contributed by atoms with Gasteiger partial charge in [0, 0.05) is 0 Å². The number of rotatable bonds is 5. The van der Waals surface area contributed by atoms with E-state index in [2.05, 4.69) is 11.5 Å². The standard InChI is InChI=1S/C11H19NO2/c1-3-4-5-8-12-9-6-7-11(12,2)10(13)14/h3H,1,4-9H2,2H3,(H,13,14). The van der Waals surface area contributed by atoms with Crippen LogP contribution in [0.1, 0.15) is 32.6 Å². The fraction of sp³-hybridized carbons (Fsp3) is 0.727. The molecule has 80 valence electrons. The van der Waals surface area contributed by atoms with Crippen LogP contribution >= 0.6 is 0 Å². The van der Waals surface area contributed by atoms with Crippen LogP contribution in [0.15, 0.2) is 12.7 Å². The summed E-state index contributed by atoms with van der Waals surface area (Å²) in [5.41, 5.74) is -0.624. The predicted octanol–water partition coefficient (Wildman–Crippen LogP) is 1.89. The maximum atomic E-state index is 11.1. The van der Waals surface area contributed by atoms with Crippen LogP contribution in [-0.2, 0) is 4.79 Å². The lowest BCUT2D eigenvalue weighted by Crippen LogP contribution is -2.48. The largest absolute Gasteiger partial charge is 0.480 e. The molecule has 1 unspecified atom stereocenters. The molecule has 1 N–H and O–H groups in total. The van der Waals surface area contributed by atoms with E-state index in [1.54, 1.807) is 0 Å². The summed E-state index contributed by atoms with van der Waals surface area (Å²) >= 11 is 0. The van der Waals surface area contributed by atoms with Gasteiger partial charge in [-0.1, -0.05) is 6.08 Å². The van der Waals surface area contributed by atoms with Crippen LogP contribution < -0.4 is 0 Å². The van der Waals surface area contributed by atoms with Crippen molar-refractivity contribution in [3.63, 3.8) is 0 Å². The normalized spacial score (nSPS) is 27.8. The van der Waals surface area contributed by atoms with Crippen LogP contribution in [0.3, 0.4) is 0 Å². The van der Waals surface area contributed by atoms with E-state index in [-0.39, 0.29) is 0 Å². The van der Waals surface area contributed by atoms with Gasteiger partial charge in [0.1, 0.15) is 5.54 Å². The van der Waals surface area contributed by atoms with Crippen LogP contribution in [0.2, 0.25) is 0 Å². The van der Waals surface area contributed by atoms with Crippen molar-refractivity contribution in [1.29, 1.82) is 0 Å². The van der Waals surface area contributed by atoms with E-state index in [9.17, 15) is 4.79 Å². The zero-order valence-electron chi connectivity index (χ0n) is 8.83. The van der Waals surface area contributed by atoms with Crippen molar-refractivity contribution in [2.45, 2.75) is 38.1 Å². The van der Waals surface area contributed by atoms with Gasteiger partial charge in [0.05, 0.1) is 0 Å². The highest BCUT2D eigenvalue weighted by atomic mass is 16.4. The highest BCUT2D eigenvalue weighted by Gasteiger charge is 2.42. The van der Waals surface area contributed by atoms with Gasteiger partial charge in [0.15, 0.2) is 0 Å². The van der Waals surface area contributed by atoms with E-state index in [0.29, 0.717) is 0 Å². The van der Waals surface area contributed by atoms with Crippen molar-refractivity contribution in [3.8, 4) is 0 Å². The summed E-state index contributed by atoms with van der Waals surface area (Å²) in [5, 5.41) is 9.14. The van der Waals surface area contributed by atoms with E-state index < -0.39 is 11.5 Å². The van der Waals surface area contributed by atoms with Crippen LogP contribution in [-0.4, -0.2) is 34.6 Å². The number of hydrogen-bond donors (Lipinski definition) is 1. The molecule has 14 heavy (non-hydrogen) atoms. The first kappa shape index (κ1) is 11.2. The second kappa shape index (κ2) is 4.60. The van der Waals surface area contributed by atoms with E-state index in [4.69, 9.17) is 5.11 Å². The van der Waals surface area contributed by atoms with Gasteiger partial charge in [0.2, 0.25) is 0 Å². The summed E-state index contributed by atoms with van der Waals surface area (Å²) in [5.74, 6) is -0.686. The van der Waals surface area contributed by atoms with Crippen molar-refractivity contribution in [3.05, 3.63) is 12.7 Å². The van der Waals surface area contributed by atoms with E-state index in [1.807, 2.05) is 13.0 Å². The molecule has 0 spiro atoms. The number of likely N-dealkylation sites (tertiary alicyclic amines) is 1. The van der Waals surface area contributed by atoms with Gasteiger partial charge in [-0.3, -0.25) is 9.69 Å². The summed E-state index contributed by atoms with van der Waals surface area (Å²) < 4.78 is 0. The molecule has 1 aliphatic rings. The number of carboxylic acids is 1.